The lowest BCUT2D eigenvalue weighted by Gasteiger charge is -2.05. The standard InChI is InChI=1S/C18H14F3NO3/c19-13-3-6-15(7-4-13)25-12-18(23)22-9-1-2-10-24-17-8-5-14(20)11-16(17)21/h3-8,11H,9-10,12H2,(H,22,23). The zero-order chi connectivity index (χ0) is 18.1. The van der Waals surface area contributed by atoms with Crippen LogP contribution in [-0.2, 0) is 4.79 Å². The summed E-state index contributed by atoms with van der Waals surface area (Å²) < 4.78 is 48.9. The van der Waals surface area contributed by atoms with Crippen LogP contribution in [0.4, 0.5) is 13.2 Å². The van der Waals surface area contributed by atoms with Crippen molar-refractivity contribution in [3.05, 3.63) is 59.9 Å². The highest BCUT2D eigenvalue weighted by molar-refractivity contribution is 5.77. The highest BCUT2D eigenvalue weighted by Gasteiger charge is 2.03. The predicted octanol–water partition coefficient (Wildman–Crippen LogP) is 2.68. The third kappa shape index (κ3) is 6.47. The van der Waals surface area contributed by atoms with Crippen molar-refractivity contribution in [3.63, 3.8) is 0 Å². The molecule has 2 aromatic rings. The van der Waals surface area contributed by atoms with E-state index in [-0.39, 0.29) is 25.5 Å². The summed E-state index contributed by atoms with van der Waals surface area (Å²) >= 11 is 0. The van der Waals surface area contributed by atoms with E-state index in [2.05, 4.69) is 17.2 Å². The van der Waals surface area contributed by atoms with E-state index in [4.69, 9.17) is 9.47 Å². The Hall–Kier alpha value is -3.14. The normalized spacial score (nSPS) is 9.72. The summed E-state index contributed by atoms with van der Waals surface area (Å²) in [5.41, 5.74) is 0. The van der Waals surface area contributed by atoms with Crippen LogP contribution in [0.15, 0.2) is 42.5 Å². The molecule has 0 atom stereocenters. The molecule has 2 aromatic carbocycles. The van der Waals surface area contributed by atoms with Crippen LogP contribution in [0.5, 0.6) is 11.5 Å². The molecule has 1 N–H and O–H groups in total. The van der Waals surface area contributed by atoms with Crippen LogP contribution in [0, 0.1) is 29.3 Å². The lowest BCUT2D eigenvalue weighted by atomic mass is 10.3. The number of rotatable bonds is 6. The molecule has 0 unspecified atom stereocenters. The lowest BCUT2D eigenvalue weighted by Crippen LogP contribution is -2.29. The second-order valence-corrected chi connectivity index (χ2v) is 4.74. The number of halogens is 3. The second kappa shape index (κ2) is 9.23. The molecule has 0 fully saturated rings. The summed E-state index contributed by atoms with van der Waals surface area (Å²) in [7, 11) is 0. The van der Waals surface area contributed by atoms with Crippen LogP contribution >= 0.6 is 0 Å². The molecule has 0 bridgehead atoms. The van der Waals surface area contributed by atoms with Gasteiger partial charge in [0.15, 0.2) is 18.2 Å². The maximum atomic E-state index is 13.3. The second-order valence-electron chi connectivity index (χ2n) is 4.74. The van der Waals surface area contributed by atoms with Gasteiger partial charge in [0.2, 0.25) is 0 Å². The van der Waals surface area contributed by atoms with E-state index in [0.29, 0.717) is 11.8 Å². The molecule has 25 heavy (non-hydrogen) atoms. The van der Waals surface area contributed by atoms with Crippen LogP contribution in [0.3, 0.4) is 0 Å². The molecule has 2 rings (SSSR count). The Morgan fingerprint density at radius 3 is 2.40 bits per heavy atom. The average Bonchev–Trinajstić information content (AvgIpc) is 2.59. The molecule has 0 aliphatic heterocycles. The van der Waals surface area contributed by atoms with Gasteiger partial charge in [0, 0.05) is 6.07 Å². The van der Waals surface area contributed by atoms with E-state index in [0.717, 1.165) is 6.07 Å². The van der Waals surface area contributed by atoms with Gasteiger partial charge >= 0.3 is 0 Å². The minimum absolute atomic E-state index is 0.0564. The van der Waals surface area contributed by atoms with E-state index < -0.39 is 23.4 Å². The van der Waals surface area contributed by atoms with Crippen LogP contribution in [-0.4, -0.2) is 25.7 Å². The van der Waals surface area contributed by atoms with E-state index in [1.807, 2.05) is 0 Å². The quantitative estimate of drug-likeness (QED) is 0.816. The van der Waals surface area contributed by atoms with Crippen LogP contribution < -0.4 is 14.8 Å². The smallest absolute Gasteiger partial charge is 0.258 e. The molecular weight excluding hydrogens is 335 g/mol. The van der Waals surface area contributed by atoms with Gasteiger partial charge in [-0.05, 0) is 36.4 Å². The first kappa shape index (κ1) is 18.2. The molecule has 7 heteroatoms. The fraction of sp³-hybridized carbons (Fsp3) is 0.167. The Labute approximate surface area is 142 Å². The SMILES string of the molecule is O=C(COc1ccc(F)cc1)NCC#CCOc1ccc(F)cc1F. The van der Waals surface area contributed by atoms with E-state index in [9.17, 15) is 18.0 Å². The first-order valence-electron chi connectivity index (χ1n) is 7.23. The number of nitrogens with one attached hydrogen (secondary N) is 1. The van der Waals surface area contributed by atoms with E-state index >= 15 is 0 Å². The number of carbonyl (C=O) groups is 1. The highest BCUT2D eigenvalue weighted by Crippen LogP contribution is 2.17. The van der Waals surface area contributed by atoms with Crippen molar-refractivity contribution in [1.29, 1.82) is 0 Å². The van der Waals surface area contributed by atoms with Gasteiger partial charge in [-0.25, -0.2) is 13.2 Å². The number of carbonyl (C=O) groups excluding carboxylic acids is 1. The zero-order valence-corrected chi connectivity index (χ0v) is 13.0. The van der Waals surface area contributed by atoms with Crippen molar-refractivity contribution in [2.75, 3.05) is 19.8 Å². The fourth-order valence-corrected chi connectivity index (χ4v) is 1.69. The Morgan fingerprint density at radius 1 is 0.960 bits per heavy atom. The molecule has 0 radical (unpaired) electrons. The van der Waals surface area contributed by atoms with E-state index in [1.54, 1.807) is 0 Å². The van der Waals surface area contributed by atoms with Crippen molar-refractivity contribution < 1.29 is 27.4 Å². The third-order valence-corrected chi connectivity index (χ3v) is 2.88. The van der Waals surface area contributed by atoms with Crippen LogP contribution in [0.2, 0.25) is 0 Å². The first-order chi connectivity index (χ1) is 12.0. The number of ether oxygens (including phenoxy) is 2. The minimum atomic E-state index is -0.812. The van der Waals surface area contributed by atoms with Crippen molar-refractivity contribution in [2.24, 2.45) is 0 Å². The molecule has 130 valence electrons. The average molecular weight is 349 g/mol. The maximum Gasteiger partial charge on any atom is 0.258 e. The highest BCUT2D eigenvalue weighted by atomic mass is 19.1. The summed E-state index contributed by atoms with van der Waals surface area (Å²) in [6.07, 6.45) is 0. The summed E-state index contributed by atoms with van der Waals surface area (Å²) in [6.45, 7) is -0.282. The summed E-state index contributed by atoms with van der Waals surface area (Å²) in [5.74, 6) is 3.17. The minimum Gasteiger partial charge on any atom is -0.484 e. The molecule has 0 aromatic heterocycles. The topological polar surface area (TPSA) is 47.6 Å². The van der Waals surface area contributed by atoms with Gasteiger partial charge in [-0.2, -0.15) is 0 Å². The van der Waals surface area contributed by atoms with Gasteiger partial charge in [-0.3, -0.25) is 4.79 Å². The van der Waals surface area contributed by atoms with Crippen molar-refractivity contribution in [2.45, 2.75) is 0 Å². The summed E-state index contributed by atoms with van der Waals surface area (Å²) in [4.78, 5) is 11.5. The van der Waals surface area contributed by atoms with Gasteiger partial charge in [0.25, 0.3) is 5.91 Å². The van der Waals surface area contributed by atoms with Gasteiger partial charge < -0.3 is 14.8 Å². The monoisotopic (exact) mass is 349 g/mol. The zero-order valence-electron chi connectivity index (χ0n) is 13.0. The molecule has 0 saturated carbocycles. The molecule has 0 aliphatic carbocycles. The van der Waals surface area contributed by atoms with Gasteiger partial charge in [-0.15, -0.1) is 0 Å². The molecule has 0 saturated heterocycles. The Morgan fingerprint density at radius 2 is 1.68 bits per heavy atom. The summed E-state index contributed by atoms with van der Waals surface area (Å²) in [5, 5.41) is 2.49. The summed E-state index contributed by atoms with van der Waals surface area (Å²) in [6, 6.07) is 8.23. The number of hydrogen-bond donors (Lipinski definition) is 1. The number of amides is 1. The molecule has 0 heterocycles. The third-order valence-electron chi connectivity index (χ3n) is 2.88. The number of benzene rings is 2. The van der Waals surface area contributed by atoms with Gasteiger partial charge in [0.1, 0.15) is 24.0 Å². The number of hydrogen-bond acceptors (Lipinski definition) is 3. The molecule has 1 amide bonds. The molecule has 0 spiro atoms. The molecule has 0 aliphatic rings. The first-order valence-corrected chi connectivity index (χ1v) is 7.23. The Bertz CT molecular complexity index is 782. The van der Waals surface area contributed by atoms with Crippen molar-refractivity contribution in [1.82, 2.24) is 5.32 Å². The van der Waals surface area contributed by atoms with Crippen molar-refractivity contribution in [3.8, 4) is 23.3 Å². The fourth-order valence-electron chi connectivity index (χ4n) is 1.69. The van der Waals surface area contributed by atoms with Crippen LogP contribution in [0.25, 0.3) is 0 Å². The molecular formula is C18H14F3NO3. The molecule has 4 nitrogen and oxygen atoms in total. The predicted molar refractivity (Wildman–Crippen MR) is 84.5 cm³/mol. The largest absolute Gasteiger partial charge is 0.484 e. The van der Waals surface area contributed by atoms with E-state index in [1.165, 1.54) is 30.3 Å². The maximum absolute atomic E-state index is 13.3. The van der Waals surface area contributed by atoms with Crippen molar-refractivity contribution >= 4 is 5.91 Å². The van der Waals surface area contributed by atoms with Crippen LogP contribution in [0.1, 0.15) is 0 Å². The van der Waals surface area contributed by atoms with Gasteiger partial charge in [-0.1, -0.05) is 11.8 Å². The Kier molecular flexibility index (Phi) is 6.72. The Balaban J connectivity index is 1.64. The van der Waals surface area contributed by atoms with Gasteiger partial charge in [0.05, 0.1) is 6.54 Å². The lowest BCUT2D eigenvalue weighted by molar-refractivity contribution is -0.122.